The molecule has 52 heavy (non-hydrogen) atoms. The van der Waals surface area contributed by atoms with Crippen molar-refractivity contribution in [3.8, 4) is 11.1 Å². The summed E-state index contributed by atoms with van der Waals surface area (Å²) in [4.78, 5) is 57.4. The number of fused-ring (bicyclic) bond motifs is 4. The van der Waals surface area contributed by atoms with Gasteiger partial charge in [-0.2, -0.15) is 0 Å². The zero-order valence-corrected chi connectivity index (χ0v) is 29.9. The van der Waals surface area contributed by atoms with Crippen LogP contribution in [0.3, 0.4) is 0 Å². The average molecular weight is 737 g/mol. The minimum absolute atomic E-state index is 0.0457. The minimum atomic E-state index is -3.94. The lowest BCUT2D eigenvalue weighted by atomic mass is 9.76. The van der Waals surface area contributed by atoms with Gasteiger partial charge in [-0.1, -0.05) is 99.2 Å². The first kappa shape index (κ1) is 34.2. The van der Waals surface area contributed by atoms with Crippen molar-refractivity contribution in [2.45, 2.75) is 74.7 Å². The monoisotopic (exact) mass is 736 g/mol. The van der Waals surface area contributed by atoms with Gasteiger partial charge in [0.2, 0.25) is 20.0 Å². The third-order valence-electron chi connectivity index (χ3n) is 10.9. The second-order valence-electron chi connectivity index (χ2n) is 14.0. The summed E-state index contributed by atoms with van der Waals surface area (Å²) in [6.45, 7) is 0. The van der Waals surface area contributed by atoms with Crippen molar-refractivity contribution in [1.29, 1.82) is 0 Å². The third kappa shape index (κ3) is 5.59. The highest BCUT2D eigenvalue weighted by molar-refractivity contribution is 7.93. The second-order valence-corrected chi connectivity index (χ2v) is 18.0. The average Bonchev–Trinajstić information content (AvgIpc) is 3.16. The lowest BCUT2D eigenvalue weighted by molar-refractivity contribution is 0.0978. The van der Waals surface area contributed by atoms with E-state index in [1.807, 2.05) is 0 Å². The number of benzene rings is 4. The molecule has 4 aliphatic carbocycles. The molecule has 10 nitrogen and oxygen atoms in total. The Labute approximate surface area is 302 Å². The molecule has 0 atom stereocenters. The van der Waals surface area contributed by atoms with Crippen molar-refractivity contribution in [3.63, 3.8) is 0 Å². The number of anilines is 2. The maximum Gasteiger partial charge on any atom is 0.235 e. The smallest absolute Gasteiger partial charge is 0.235 e. The van der Waals surface area contributed by atoms with Gasteiger partial charge < -0.3 is 0 Å². The molecule has 2 saturated carbocycles. The maximum atomic E-state index is 14.4. The van der Waals surface area contributed by atoms with Gasteiger partial charge in [0, 0.05) is 33.4 Å². The predicted octanol–water partition coefficient (Wildman–Crippen LogP) is 7.05. The summed E-state index contributed by atoms with van der Waals surface area (Å²) in [5.74, 6) is -2.23. The summed E-state index contributed by atoms with van der Waals surface area (Å²) in [7, 11) is -7.88. The number of rotatable bonds is 7. The van der Waals surface area contributed by atoms with Crippen LogP contribution in [-0.4, -0.2) is 50.5 Å². The van der Waals surface area contributed by atoms with Crippen molar-refractivity contribution in [1.82, 2.24) is 0 Å². The molecule has 8 rings (SSSR count). The van der Waals surface area contributed by atoms with E-state index in [1.165, 1.54) is 48.5 Å². The van der Waals surface area contributed by atoms with Crippen molar-refractivity contribution < 1.29 is 36.0 Å². The lowest BCUT2D eigenvalue weighted by Gasteiger charge is -2.28. The van der Waals surface area contributed by atoms with Crippen molar-refractivity contribution in [2.75, 3.05) is 9.44 Å². The Bertz CT molecular complexity index is 2270. The van der Waals surface area contributed by atoms with E-state index in [0.717, 1.165) is 38.5 Å². The Hall–Kier alpha value is -4.94. The van der Waals surface area contributed by atoms with Crippen LogP contribution in [0.4, 0.5) is 11.4 Å². The van der Waals surface area contributed by atoms with Gasteiger partial charge >= 0.3 is 0 Å². The van der Waals surface area contributed by atoms with E-state index in [0.29, 0.717) is 25.7 Å². The number of sulfonamides is 2. The first-order valence-corrected chi connectivity index (χ1v) is 20.8. The highest BCUT2D eigenvalue weighted by atomic mass is 32.2. The van der Waals surface area contributed by atoms with Crippen LogP contribution in [0.1, 0.15) is 128 Å². The van der Waals surface area contributed by atoms with Gasteiger partial charge in [-0.15, -0.1) is 0 Å². The molecule has 12 heteroatoms. The molecule has 0 unspecified atom stereocenters. The van der Waals surface area contributed by atoms with Crippen LogP contribution in [0.5, 0.6) is 0 Å². The number of ketones is 4. The zero-order chi connectivity index (χ0) is 36.4. The Morgan fingerprint density at radius 3 is 1.02 bits per heavy atom. The van der Waals surface area contributed by atoms with E-state index in [9.17, 15) is 36.0 Å². The van der Waals surface area contributed by atoms with Crippen molar-refractivity contribution in [2.24, 2.45) is 0 Å². The van der Waals surface area contributed by atoms with E-state index in [1.54, 1.807) is 24.3 Å². The van der Waals surface area contributed by atoms with E-state index in [2.05, 4.69) is 9.44 Å². The number of carbonyl (C=O) groups excluding carboxylic acids is 4. The van der Waals surface area contributed by atoms with Crippen molar-refractivity contribution in [3.05, 3.63) is 117 Å². The molecular formula is C40H36N2O8S2. The number of carbonyl (C=O) groups is 4. The molecule has 0 heterocycles. The topological polar surface area (TPSA) is 161 Å². The third-order valence-corrected chi connectivity index (χ3v) is 14.6. The molecule has 2 fully saturated rings. The van der Waals surface area contributed by atoms with Crippen LogP contribution in [0.25, 0.3) is 11.1 Å². The molecule has 4 aromatic rings. The van der Waals surface area contributed by atoms with Crippen LogP contribution in [-0.2, 0) is 20.0 Å². The maximum absolute atomic E-state index is 14.4. The first-order chi connectivity index (χ1) is 25.0. The predicted molar refractivity (Wildman–Crippen MR) is 197 cm³/mol. The number of nitrogens with one attached hydrogen (secondary N) is 2. The van der Waals surface area contributed by atoms with Crippen LogP contribution in [0.2, 0.25) is 0 Å². The summed E-state index contributed by atoms with van der Waals surface area (Å²) in [6, 6.07) is 18.4. The first-order valence-electron chi connectivity index (χ1n) is 17.7. The highest BCUT2D eigenvalue weighted by Crippen LogP contribution is 2.44. The number of hydrogen-bond acceptors (Lipinski definition) is 8. The molecule has 0 saturated heterocycles. The van der Waals surface area contributed by atoms with Gasteiger partial charge in [0.25, 0.3) is 0 Å². The van der Waals surface area contributed by atoms with Gasteiger partial charge in [0.1, 0.15) is 0 Å². The molecular weight excluding hydrogens is 701 g/mol. The quantitative estimate of drug-likeness (QED) is 0.176. The zero-order valence-electron chi connectivity index (χ0n) is 28.2. The molecule has 0 amide bonds. The summed E-state index contributed by atoms with van der Waals surface area (Å²) >= 11 is 0. The van der Waals surface area contributed by atoms with E-state index < -0.39 is 53.7 Å². The van der Waals surface area contributed by atoms with Gasteiger partial charge in [-0.3, -0.25) is 28.6 Å². The fraction of sp³-hybridized carbons (Fsp3) is 0.300. The fourth-order valence-corrected chi connectivity index (χ4v) is 11.5. The Morgan fingerprint density at radius 2 is 0.692 bits per heavy atom. The molecule has 4 aromatic carbocycles. The van der Waals surface area contributed by atoms with Gasteiger partial charge in [-0.05, 0) is 48.9 Å². The van der Waals surface area contributed by atoms with Crippen LogP contribution in [0.15, 0.2) is 72.8 Å². The molecule has 2 N–H and O–H groups in total. The Kier molecular flexibility index (Phi) is 8.49. The number of hydrogen-bond donors (Lipinski definition) is 2. The van der Waals surface area contributed by atoms with Crippen LogP contribution >= 0.6 is 0 Å². The summed E-state index contributed by atoms with van der Waals surface area (Å²) in [5, 5.41) is -1.31. The molecule has 0 aromatic heterocycles. The Balaban J connectivity index is 1.34. The molecule has 0 bridgehead atoms. The SMILES string of the molecule is O=C1c2ccccc2C(=O)c2c(-c3ccc(NS(=O)(=O)C4CCCCC4)c4c3C(=O)c3ccccc3C4=O)ccc(NS(=O)(=O)C3CCCCC3)c21. The molecule has 4 aliphatic rings. The molecule has 0 radical (unpaired) electrons. The highest BCUT2D eigenvalue weighted by Gasteiger charge is 2.40. The summed E-state index contributed by atoms with van der Waals surface area (Å²) < 4.78 is 59.8. The van der Waals surface area contributed by atoms with Gasteiger partial charge in [-0.25, -0.2) is 16.8 Å². The minimum Gasteiger partial charge on any atom is -0.289 e. The molecule has 266 valence electrons. The van der Waals surface area contributed by atoms with E-state index in [4.69, 9.17) is 0 Å². The van der Waals surface area contributed by atoms with Crippen molar-refractivity contribution >= 4 is 54.6 Å². The summed E-state index contributed by atoms with van der Waals surface area (Å²) in [6.07, 6.45) is 6.86. The van der Waals surface area contributed by atoms with Crippen LogP contribution in [0, 0.1) is 0 Å². The van der Waals surface area contributed by atoms with Crippen LogP contribution < -0.4 is 9.44 Å². The molecule has 0 spiro atoms. The normalized spacial score (nSPS) is 17.9. The Morgan fingerprint density at radius 1 is 0.385 bits per heavy atom. The largest absolute Gasteiger partial charge is 0.289 e. The lowest BCUT2D eigenvalue weighted by Crippen LogP contribution is -2.32. The van der Waals surface area contributed by atoms with E-state index >= 15 is 0 Å². The van der Waals surface area contributed by atoms with E-state index in [-0.39, 0.29) is 67.0 Å². The molecule has 0 aliphatic heterocycles. The standard InChI is InChI=1S/C40H36N2O8S2/c43-37-27-15-7-9-17-29(27)39(45)35-31(41-51(47,48)23-11-3-1-4-12-23)21-19-25(33(35)37)26-20-22-32(42-52(49,50)24-13-5-2-6-14-24)36-34(26)38(44)28-16-8-10-18-30(28)40(36)46/h7-10,15-24,41-42H,1-6,11-14H2. The second kappa shape index (κ2) is 12.9. The van der Waals surface area contributed by atoms with Gasteiger partial charge in [0.05, 0.1) is 33.0 Å². The summed E-state index contributed by atoms with van der Waals surface area (Å²) in [5.41, 5.74) is 0.149. The fourth-order valence-electron chi connectivity index (χ4n) is 8.29. The van der Waals surface area contributed by atoms with Gasteiger partial charge in [0.15, 0.2) is 23.1 Å².